The maximum absolute atomic E-state index is 11.9. The Balaban J connectivity index is 1.48. The highest BCUT2D eigenvalue weighted by atomic mass is 32.7. The number of allylic oxidation sites excluding steroid dienone is 2. The van der Waals surface area contributed by atoms with Gasteiger partial charge in [0.15, 0.2) is 0 Å². The van der Waals surface area contributed by atoms with Crippen molar-refractivity contribution >= 4 is 25.2 Å². The number of anilines is 1. The number of nitrogen functional groups attached to an aromatic ring is 1. The summed E-state index contributed by atoms with van der Waals surface area (Å²) in [6, 6.07) is 1.47. The summed E-state index contributed by atoms with van der Waals surface area (Å²) in [6.45, 7) is 6.09. The van der Waals surface area contributed by atoms with Crippen LogP contribution in [0, 0.1) is 5.92 Å². The van der Waals surface area contributed by atoms with E-state index in [-0.39, 0.29) is 25.5 Å². The molecule has 0 radical (unpaired) electrons. The van der Waals surface area contributed by atoms with Crippen molar-refractivity contribution < 1.29 is 23.8 Å². The van der Waals surface area contributed by atoms with Gasteiger partial charge in [-0.25, -0.2) is 9.69 Å². The van der Waals surface area contributed by atoms with Crippen LogP contribution in [0.3, 0.4) is 0 Å². The van der Waals surface area contributed by atoms with E-state index in [4.69, 9.17) is 31.8 Å². The molecule has 1 aromatic heterocycles. The van der Waals surface area contributed by atoms with Gasteiger partial charge in [-0.15, -0.1) is 0 Å². The first-order valence-electron chi connectivity index (χ1n) is 9.78. The highest BCUT2D eigenvalue weighted by molar-refractivity contribution is 8.35. The zero-order valence-electron chi connectivity index (χ0n) is 16.8. The molecule has 0 spiro atoms. The first-order valence-corrected chi connectivity index (χ1v) is 12.4. The Kier molecular flexibility index (Phi) is 7.73. The average molecular weight is 457 g/mol. The molecular formula is C19H28N3O6PS. The molecule has 0 amide bonds. The number of nitrogens with zero attached hydrogens (tertiary/aromatic N) is 2. The fourth-order valence-corrected chi connectivity index (χ4v) is 4.60. The van der Waals surface area contributed by atoms with Crippen molar-refractivity contribution in [2.24, 2.45) is 5.92 Å². The van der Waals surface area contributed by atoms with Crippen molar-refractivity contribution in [1.82, 2.24) is 9.55 Å². The van der Waals surface area contributed by atoms with Crippen LogP contribution in [0.5, 0.6) is 0 Å². The van der Waals surface area contributed by atoms with E-state index in [9.17, 15) is 14.8 Å². The van der Waals surface area contributed by atoms with Crippen molar-refractivity contribution in [2.45, 2.75) is 51.0 Å². The second kappa shape index (κ2) is 9.91. The summed E-state index contributed by atoms with van der Waals surface area (Å²) in [5.41, 5.74) is 7.17. The number of aliphatic hydroxyl groups excluding tert-OH is 1. The van der Waals surface area contributed by atoms with Gasteiger partial charge in [0.1, 0.15) is 31.4 Å². The van der Waals surface area contributed by atoms with E-state index in [1.807, 2.05) is 6.92 Å². The molecule has 30 heavy (non-hydrogen) atoms. The molecule has 1 aliphatic heterocycles. The molecule has 0 aromatic carbocycles. The van der Waals surface area contributed by atoms with E-state index in [1.54, 1.807) is 0 Å². The zero-order valence-corrected chi connectivity index (χ0v) is 18.6. The molecular weight excluding hydrogens is 429 g/mol. The monoisotopic (exact) mass is 457 g/mol. The molecule has 1 saturated heterocycles. The molecule has 3 rings (SSSR count). The topological polar surface area (TPSA) is 129 Å². The molecule has 11 heteroatoms. The molecule has 9 nitrogen and oxygen atoms in total. The summed E-state index contributed by atoms with van der Waals surface area (Å²) < 4.78 is 17.8. The van der Waals surface area contributed by atoms with Gasteiger partial charge in [0.25, 0.3) is 7.15 Å². The number of nitrogens with two attached hydrogens (primary N) is 1. The highest BCUT2D eigenvalue weighted by Crippen LogP contribution is 2.55. The zero-order chi connectivity index (χ0) is 21.9. The summed E-state index contributed by atoms with van der Waals surface area (Å²) in [5.74, 6) is 0.593. The Morgan fingerprint density at radius 2 is 2.30 bits per heavy atom. The number of aromatic nitrogens is 2. The van der Waals surface area contributed by atoms with E-state index >= 15 is 0 Å². The minimum atomic E-state index is -3.49. The minimum Gasteiger partial charge on any atom is -0.459 e. The van der Waals surface area contributed by atoms with Crippen molar-refractivity contribution in [3.63, 3.8) is 0 Å². The van der Waals surface area contributed by atoms with Gasteiger partial charge in [-0.1, -0.05) is 18.2 Å². The molecule has 0 bridgehead atoms. The predicted octanol–water partition coefficient (Wildman–Crippen LogP) is 2.03. The lowest BCUT2D eigenvalue weighted by atomic mass is 9.86. The molecule has 1 fully saturated rings. The average Bonchev–Trinajstić information content (AvgIpc) is 3.05. The van der Waals surface area contributed by atoms with Gasteiger partial charge in [-0.3, -0.25) is 4.57 Å². The molecule has 1 aromatic rings. The number of hydrogen-bond donors (Lipinski definition) is 3. The van der Waals surface area contributed by atoms with Crippen LogP contribution in [0.15, 0.2) is 40.9 Å². The lowest BCUT2D eigenvalue weighted by Gasteiger charge is -2.26. The molecule has 166 valence electrons. The quantitative estimate of drug-likeness (QED) is 0.305. The largest absolute Gasteiger partial charge is 0.459 e. The van der Waals surface area contributed by atoms with Crippen molar-refractivity contribution in [3.05, 3.63) is 46.5 Å². The summed E-state index contributed by atoms with van der Waals surface area (Å²) in [4.78, 5) is 25.9. The van der Waals surface area contributed by atoms with Gasteiger partial charge >= 0.3 is 5.69 Å². The number of rotatable bonds is 8. The number of aliphatic hydroxyl groups is 1. The van der Waals surface area contributed by atoms with Crippen LogP contribution in [0.1, 0.15) is 38.8 Å². The molecule has 5 atom stereocenters. The Morgan fingerprint density at radius 3 is 2.93 bits per heavy atom. The lowest BCUT2D eigenvalue weighted by molar-refractivity contribution is -0.0437. The second-order valence-electron chi connectivity index (χ2n) is 7.69. The smallest absolute Gasteiger partial charge is 0.351 e. The number of ether oxygens (including phenoxy) is 1. The Hall–Kier alpha value is -1.26. The van der Waals surface area contributed by atoms with E-state index in [1.165, 1.54) is 22.4 Å². The van der Waals surface area contributed by atoms with Gasteiger partial charge in [0, 0.05) is 12.6 Å². The Labute approximate surface area is 181 Å². The van der Waals surface area contributed by atoms with Crippen LogP contribution in [-0.4, -0.2) is 45.0 Å². The van der Waals surface area contributed by atoms with Crippen LogP contribution in [0.25, 0.3) is 0 Å². The first-order chi connectivity index (χ1) is 14.1. The molecule has 4 N–H and O–H groups in total. The predicted molar refractivity (Wildman–Crippen MR) is 116 cm³/mol. The fraction of sp³-hybridized carbons (Fsp3) is 0.579. The third-order valence-electron chi connectivity index (χ3n) is 5.38. The standard InChI is InChI=1S/C19H28N3O6PS/c1-12(2)14-5-3-13(4-6-14)10-26-29(25,30)27-11-16-15(23)9-18(28-16)22-8-7-17(20)21-19(22)24/h3,7-8,14-16,18,23H,1,4-6,9-11H2,2H3,(H,25,30)(H2,20,21,24)/t14?,15-,16+,18+,29?/m0/s1. The third-order valence-corrected chi connectivity index (χ3v) is 6.95. The summed E-state index contributed by atoms with van der Waals surface area (Å²) >= 11 is 5.07. The lowest BCUT2D eigenvalue weighted by Crippen LogP contribution is -2.28. The summed E-state index contributed by atoms with van der Waals surface area (Å²) in [5, 5.41) is 10.2. The Bertz CT molecular complexity index is 861. The van der Waals surface area contributed by atoms with Crippen molar-refractivity contribution in [1.29, 1.82) is 0 Å². The molecule has 0 saturated carbocycles. The van der Waals surface area contributed by atoms with Gasteiger partial charge in [-0.2, -0.15) is 14.0 Å². The van der Waals surface area contributed by atoms with Crippen molar-refractivity contribution in [3.8, 4) is 0 Å². The van der Waals surface area contributed by atoms with E-state index < -0.39 is 31.3 Å². The molecule has 2 heterocycles. The van der Waals surface area contributed by atoms with Gasteiger partial charge in [0.05, 0.1) is 6.10 Å². The van der Waals surface area contributed by atoms with Crippen LogP contribution in [-0.2, 0) is 26.0 Å². The third kappa shape index (κ3) is 6.13. The van der Waals surface area contributed by atoms with Gasteiger partial charge in [0.2, 0.25) is 0 Å². The highest BCUT2D eigenvalue weighted by Gasteiger charge is 2.38. The molecule has 1 aliphatic carbocycles. The van der Waals surface area contributed by atoms with E-state index in [2.05, 4.69) is 17.6 Å². The van der Waals surface area contributed by atoms with Gasteiger partial charge in [-0.05, 0) is 43.7 Å². The number of hydrogen-bond acceptors (Lipinski definition) is 9. The maximum atomic E-state index is 11.9. The van der Waals surface area contributed by atoms with Crippen LogP contribution in [0.4, 0.5) is 5.82 Å². The van der Waals surface area contributed by atoms with Crippen LogP contribution < -0.4 is 11.4 Å². The summed E-state index contributed by atoms with van der Waals surface area (Å²) in [7, 11) is -3.49. The van der Waals surface area contributed by atoms with E-state index in [0.717, 1.165) is 24.8 Å². The van der Waals surface area contributed by atoms with Crippen LogP contribution in [0.2, 0.25) is 0 Å². The Morgan fingerprint density at radius 1 is 1.53 bits per heavy atom. The van der Waals surface area contributed by atoms with E-state index in [0.29, 0.717) is 5.92 Å². The van der Waals surface area contributed by atoms with Crippen LogP contribution >= 0.6 is 7.15 Å². The molecule has 2 aliphatic rings. The van der Waals surface area contributed by atoms with Crippen molar-refractivity contribution in [2.75, 3.05) is 18.9 Å². The maximum Gasteiger partial charge on any atom is 0.351 e. The first kappa shape index (κ1) is 23.4. The normalized spacial score (nSPS) is 28.7. The molecule has 2 unspecified atom stereocenters. The summed E-state index contributed by atoms with van der Waals surface area (Å²) in [6.07, 6.45) is 4.15. The second-order valence-corrected chi connectivity index (χ2v) is 10.5. The van der Waals surface area contributed by atoms with Gasteiger partial charge < -0.3 is 27.8 Å². The fourth-order valence-electron chi connectivity index (χ4n) is 3.52. The SMILES string of the molecule is C=C(C)C1CC=C(CO[P+](O)([S-])OC[C@H]2O[C@@H](n3ccc(N)nc3=O)C[C@@H]2O)CC1. The minimum absolute atomic E-state index is 0.107.